The minimum absolute atomic E-state index is 0.132. The largest absolute Gasteiger partial charge is 0.480 e. The van der Waals surface area contributed by atoms with Crippen LogP contribution in [0.3, 0.4) is 0 Å². The molecule has 0 saturated carbocycles. The third-order valence-corrected chi connectivity index (χ3v) is 7.09. The van der Waals surface area contributed by atoms with Gasteiger partial charge in [0.25, 0.3) is 0 Å². The smallest absolute Gasteiger partial charge is 0.415 e. The first-order valence-corrected chi connectivity index (χ1v) is 14.0. The Morgan fingerprint density at radius 1 is 1.10 bits per heavy atom. The molecule has 3 N–H and O–H groups in total. The lowest BCUT2D eigenvalue weighted by Crippen LogP contribution is -2.35. The maximum absolute atomic E-state index is 12.4. The number of aliphatic carboxylic acids is 1. The molecule has 2 atom stereocenters. The minimum Gasteiger partial charge on any atom is -0.480 e. The SMILES string of the molecule is CCN(CC)c1ncc(N(CC)C(O)c2ccco2)c(N[C@@H](Cc2ccc(OC(=O)N3CCCC3)cc2)C(=O)O)n1. The van der Waals surface area contributed by atoms with Gasteiger partial charge in [-0.15, -0.1) is 0 Å². The van der Waals surface area contributed by atoms with E-state index in [1.54, 1.807) is 52.4 Å². The standard InChI is InChI=1S/C29H38N6O6/c1-4-33(5-2)28-30-19-23(35(6-3)26(36)24-10-9-17-40-24)25(32-28)31-22(27(37)38)18-20-11-13-21(14-12-20)41-29(39)34-15-7-8-16-34/h9-14,17,19,22,26,36H,4-8,15-16,18H2,1-3H3,(H,37,38)(H,30,31,32)/t22-,26?/m0/s1. The number of hydrogen-bond acceptors (Lipinski definition) is 10. The molecule has 1 unspecified atom stereocenters. The number of nitrogens with one attached hydrogen (secondary N) is 1. The van der Waals surface area contributed by atoms with Gasteiger partial charge in [-0.25, -0.2) is 14.6 Å². The molecule has 0 bridgehead atoms. The second-order valence-corrected chi connectivity index (χ2v) is 9.70. The maximum atomic E-state index is 12.4. The summed E-state index contributed by atoms with van der Waals surface area (Å²) >= 11 is 0. The predicted octanol–water partition coefficient (Wildman–Crippen LogP) is 4.14. The van der Waals surface area contributed by atoms with E-state index in [1.807, 2.05) is 25.7 Å². The first kappa shape index (κ1) is 29.7. The summed E-state index contributed by atoms with van der Waals surface area (Å²) in [7, 11) is 0. The van der Waals surface area contributed by atoms with E-state index in [4.69, 9.17) is 14.1 Å². The molecule has 12 heteroatoms. The summed E-state index contributed by atoms with van der Waals surface area (Å²) in [6.07, 6.45) is 3.63. The van der Waals surface area contributed by atoms with Gasteiger partial charge in [-0.1, -0.05) is 12.1 Å². The zero-order chi connectivity index (χ0) is 29.4. The lowest BCUT2D eigenvalue weighted by Gasteiger charge is -2.30. The lowest BCUT2D eigenvalue weighted by molar-refractivity contribution is -0.137. The third kappa shape index (κ3) is 7.26. The van der Waals surface area contributed by atoms with Crippen LogP contribution in [0.2, 0.25) is 0 Å². The Bertz CT molecular complexity index is 1280. The molecule has 1 aromatic carbocycles. The van der Waals surface area contributed by atoms with Crippen LogP contribution < -0.4 is 19.9 Å². The zero-order valence-electron chi connectivity index (χ0n) is 23.7. The molecule has 12 nitrogen and oxygen atoms in total. The number of rotatable bonds is 13. The van der Waals surface area contributed by atoms with Crippen LogP contribution in [-0.2, 0) is 11.2 Å². The molecule has 4 rings (SSSR count). The van der Waals surface area contributed by atoms with Gasteiger partial charge in [-0.05, 0) is 63.4 Å². The molecular weight excluding hydrogens is 528 g/mol. The van der Waals surface area contributed by atoms with Gasteiger partial charge in [0.2, 0.25) is 5.95 Å². The molecule has 1 saturated heterocycles. The number of benzene rings is 1. The molecule has 2 aromatic heterocycles. The highest BCUT2D eigenvalue weighted by atomic mass is 16.6. The van der Waals surface area contributed by atoms with Gasteiger partial charge in [0, 0.05) is 39.1 Å². The number of furan rings is 1. The molecule has 1 fully saturated rings. The van der Waals surface area contributed by atoms with Crippen molar-refractivity contribution in [3.05, 3.63) is 60.2 Å². The van der Waals surface area contributed by atoms with Gasteiger partial charge in [-0.2, -0.15) is 4.98 Å². The molecule has 0 radical (unpaired) electrons. The van der Waals surface area contributed by atoms with Crippen LogP contribution in [0, 0.1) is 0 Å². The van der Waals surface area contributed by atoms with Crippen LogP contribution in [0.5, 0.6) is 5.75 Å². The monoisotopic (exact) mass is 566 g/mol. The number of carboxylic acid groups (broad SMARTS) is 1. The highest BCUT2D eigenvalue weighted by molar-refractivity contribution is 5.80. The van der Waals surface area contributed by atoms with Gasteiger partial charge in [0.05, 0.1) is 12.5 Å². The fourth-order valence-corrected chi connectivity index (χ4v) is 4.77. The number of aromatic nitrogens is 2. The number of ether oxygens (including phenoxy) is 1. The number of carboxylic acids is 1. The van der Waals surface area contributed by atoms with E-state index in [-0.39, 0.29) is 18.3 Å². The van der Waals surface area contributed by atoms with Crippen LogP contribution in [0.1, 0.15) is 51.2 Å². The molecule has 1 aliphatic rings. The number of anilines is 3. The fraction of sp³-hybridized carbons (Fsp3) is 0.448. The highest BCUT2D eigenvalue weighted by Gasteiger charge is 2.27. The van der Waals surface area contributed by atoms with Crippen molar-refractivity contribution in [3.8, 4) is 5.75 Å². The zero-order valence-corrected chi connectivity index (χ0v) is 23.7. The van der Waals surface area contributed by atoms with Gasteiger partial charge in [0.15, 0.2) is 17.8 Å². The Hall–Kier alpha value is -4.32. The molecule has 1 aliphatic heterocycles. The van der Waals surface area contributed by atoms with Crippen molar-refractivity contribution in [1.29, 1.82) is 0 Å². The summed E-state index contributed by atoms with van der Waals surface area (Å²) in [6.45, 7) is 8.92. The van der Waals surface area contributed by atoms with Crippen molar-refractivity contribution in [2.45, 2.75) is 52.3 Å². The number of nitrogens with zero attached hydrogens (tertiary/aromatic N) is 5. The average molecular weight is 567 g/mol. The summed E-state index contributed by atoms with van der Waals surface area (Å²) in [5.74, 6) is 0.387. The van der Waals surface area contributed by atoms with E-state index >= 15 is 0 Å². The summed E-state index contributed by atoms with van der Waals surface area (Å²) in [4.78, 5) is 39.2. The minimum atomic E-state index is -1.13. The van der Waals surface area contributed by atoms with E-state index in [0.29, 0.717) is 55.9 Å². The number of aliphatic hydroxyl groups is 1. The summed E-state index contributed by atoms with van der Waals surface area (Å²) in [5, 5.41) is 24.3. The van der Waals surface area contributed by atoms with Gasteiger partial charge in [0.1, 0.15) is 17.5 Å². The lowest BCUT2D eigenvalue weighted by atomic mass is 10.1. The summed E-state index contributed by atoms with van der Waals surface area (Å²) in [6, 6.07) is 9.11. The second-order valence-electron chi connectivity index (χ2n) is 9.70. The van der Waals surface area contributed by atoms with Crippen molar-refractivity contribution in [3.63, 3.8) is 0 Å². The van der Waals surface area contributed by atoms with Crippen molar-refractivity contribution in [2.75, 3.05) is 47.8 Å². The average Bonchev–Trinajstić information content (AvgIpc) is 3.71. The van der Waals surface area contributed by atoms with Crippen molar-refractivity contribution in [2.24, 2.45) is 0 Å². The molecule has 220 valence electrons. The molecule has 0 spiro atoms. The van der Waals surface area contributed by atoms with Gasteiger partial charge < -0.3 is 39.4 Å². The molecule has 1 amide bonds. The van der Waals surface area contributed by atoms with E-state index in [2.05, 4.69) is 10.3 Å². The Morgan fingerprint density at radius 2 is 1.80 bits per heavy atom. The van der Waals surface area contributed by atoms with E-state index in [1.165, 1.54) is 6.26 Å². The van der Waals surface area contributed by atoms with Crippen molar-refractivity contribution in [1.82, 2.24) is 14.9 Å². The normalized spacial score (nSPS) is 14.4. The van der Waals surface area contributed by atoms with Gasteiger partial charge in [-0.3, -0.25) is 0 Å². The highest BCUT2D eigenvalue weighted by Crippen LogP contribution is 2.32. The number of hydrogen-bond donors (Lipinski definition) is 3. The van der Waals surface area contributed by atoms with Crippen LogP contribution >= 0.6 is 0 Å². The van der Waals surface area contributed by atoms with Crippen molar-refractivity contribution < 1.29 is 29.0 Å². The molecular formula is C29H38N6O6. The van der Waals surface area contributed by atoms with E-state index in [0.717, 1.165) is 18.4 Å². The third-order valence-electron chi connectivity index (χ3n) is 7.09. The fourth-order valence-electron chi connectivity index (χ4n) is 4.77. The number of carbonyl (C=O) groups is 2. The van der Waals surface area contributed by atoms with E-state index in [9.17, 15) is 19.8 Å². The van der Waals surface area contributed by atoms with Crippen LogP contribution in [-0.4, -0.2) is 75.9 Å². The molecule has 3 heterocycles. The first-order chi connectivity index (χ1) is 19.8. The Labute approximate surface area is 239 Å². The summed E-state index contributed by atoms with van der Waals surface area (Å²) < 4.78 is 10.9. The maximum Gasteiger partial charge on any atom is 0.415 e. The van der Waals surface area contributed by atoms with Crippen LogP contribution in [0.25, 0.3) is 0 Å². The van der Waals surface area contributed by atoms with Gasteiger partial charge >= 0.3 is 12.1 Å². The predicted molar refractivity (Wildman–Crippen MR) is 154 cm³/mol. The molecule has 41 heavy (non-hydrogen) atoms. The van der Waals surface area contributed by atoms with Crippen LogP contribution in [0.4, 0.5) is 22.2 Å². The Morgan fingerprint density at radius 3 is 2.39 bits per heavy atom. The van der Waals surface area contributed by atoms with Crippen LogP contribution in [0.15, 0.2) is 53.3 Å². The molecule has 0 aliphatic carbocycles. The molecule has 3 aromatic rings. The quantitative estimate of drug-likeness (QED) is 0.257. The topological polar surface area (TPSA) is 144 Å². The number of aliphatic hydroxyl groups excluding tert-OH is 1. The first-order valence-electron chi connectivity index (χ1n) is 14.0. The second kappa shape index (κ2) is 13.8. The number of carbonyl (C=O) groups excluding carboxylic acids is 1. The number of amides is 1. The van der Waals surface area contributed by atoms with Crippen molar-refractivity contribution >= 4 is 29.5 Å². The number of likely N-dealkylation sites (tertiary alicyclic amines) is 1. The Balaban J connectivity index is 1.57. The summed E-state index contributed by atoms with van der Waals surface area (Å²) in [5.41, 5.74) is 1.16. The Kier molecular flexibility index (Phi) is 10.0. The van der Waals surface area contributed by atoms with E-state index < -0.39 is 18.2 Å².